The monoisotopic (exact) mass is 374 g/mol. The highest BCUT2D eigenvalue weighted by Gasteiger charge is 2.48. The Morgan fingerprint density at radius 1 is 1.19 bits per heavy atom. The van der Waals surface area contributed by atoms with Crippen LogP contribution in [0, 0.1) is 5.92 Å². The van der Waals surface area contributed by atoms with Crippen molar-refractivity contribution in [3.8, 4) is 5.75 Å². The van der Waals surface area contributed by atoms with E-state index in [9.17, 15) is 4.79 Å². The largest absolute Gasteiger partial charge is 0.494 e. The summed E-state index contributed by atoms with van der Waals surface area (Å²) in [4.78, 5) is 15.2. The van der Waals surface area contributed by atoms with Gasteiger partial charge in [-0.05, 0) is 89.2 Å². The lowest BCUT2D eigenvalue weighted by Gasteiger charge is -2.28. The van der Waals surface area contributed by atoms with E-state index in [-0.39, 0.29) is 5.91 Å². The second-order valence-electron chi connectivity index (χ2n) is 7.90. The van der Waals surface area contributed by atoms with Crippen LogP contribution >= 0.6 is 0 Å². The molecule has 3 rings (SSSR count). The van der Waals surface area contributed by atoms with E-state index in [2.05, 4.69) is 10.2 Å². The van der Waals surface area contributed by atoms with Crippen molar-refractivity contribution in [3.63, 3.8) is 0 Å². The number of hydrogen-bond acceptors (Lipinski definition) is 4. The van der Waals surface area contributed by atoms with Crippen LogP contribution in [-0.4, -0.2) is 49.3 Å². The number of likely N-dealkylation sites (tertiary alicyclic amines) is 1. The maximum atomic E-state index is 12.7. The van der Waals surface area contributed by atoms with Crippen LogP contribution in [0.4, 0.5) is 5.69 Å². The molecule has 1 aliphatic heterocycles. The lowest BCUT2D eigenvalue weighted by molar-refractivity contribution is -0.141. The van der Waals surface area contributed by atoms with E-state index in [1.165, 1.54) is 32.4 Å². The molecule has 1 aromatic rings. The number of benzene rings is 1. The third-order valence-corrected chi connectivity index (χ3v) is 5.70. The highest BCUT2D eigenvalue weighted by Crippen LogP contribution is 2.42. The van der Waals surface area contributed by atoms with E-state index in [1.807, 2.05) is 38.1 Å². The molecule has 1 atom stereocenters. The SMILES string of the molecule is CCO[C@@](C)(C(=O)Nc1ccc(OCCCN2CCCCC2)cc1)C1CC1. The number of nitrogens with one attached hydrogen (secondary N) is 1. The zero-order valence-electron chi connectivity index (χ0n) is 16.8. The summed E-state index contributed by atoms with van der Waals surface area (Å²) in [6.45, 7) is 8.70. The fraction of sp³-hybridized carbons (Fsp3) is 0.682. The third kappa shape index (κ3) is 5.69. The van der Waals surface area contributed by atoms with Crippen LogP contribution < -0.4 is 10.1 Å². The molecule has 0 spiro atoms. The van der Waals surface area contributed by atoms with Gasteiger partial charge in [-0.15, -0.1) is 0 Å². The first-order chi connectivity index (χ1) is 13.1. The summed E-state index contributed by atoms with van der Waals surface area (Å²) in [5, 5.41) is 3.00. The van der Waals surface area contributed by atoms with Crippen LogP contribution in [0.1, 0.15) is 52.4 Å². The zero-order chi connectivity index (χ0) is 19.1. The van der Waals surface area contributed by atoms with E-state index in [1.54, 1.807) is 0 Å². The molecule has 5 nitrogen and oxygen atoms in total. The first kappa shape index (κ1) is 20.2. The number of nitrogens with zero attached hydrogens (tertiary/aromatic N) is 1. The molecule has 1 N–H and O–H groups in total. The quantitative estimate of drug-likeness (QED) is 0.627. The molecule has 0 unspecified atom stereocenters. The van der Waals surface area contributed by atoms with Gasteiger partial charge in [0, 0.05) is 18.8 Å². The third-order valence-electron chi connectivity index (χ3n) is 5.70. The summed E-state index contributed by atoms with van der Waals surface area (Å²) < 4.78 is 11.6. The Labute approximate surface area is 163 Å². The van der Waals surface area contributed by atoms with Crippen molar-refractivity contribution in [1.82, 2.24) is 4.90 Å². The molecule has 5 heteroatoms. The number of hydrogen-bond donors (Lipinski definition) is 1. The number of anilines is 1. The zero-order valence-corrected chi connectivity index (χ0v) is 16.8. The minimum Gasteiger partial charge on any atom is -0.494 e. The Kier molecular flexibility index (Phi) is 7.13. The standard InChI is InChI=1S/C22H34N2O3/c1-3-27-22(2,18-8-9-18)21(25)23-19-10-12-20(13-11-19)26-17-7-16-24-14-5-4-6-15-24/h10-13,18H,3-9,14-17H2,1-2H3,(H,23,25)/t22-/m1/s1. The Hall–Kier alpha value is -1.59. The molecule has 1 aromatic carbocycles. The van der Waals surface area contributed by atoms with Crippen molar-refractivity contribution in [3.05, 3.63) is 24.3 Å². The van der Waals surface area contributed by atoms with Crippen molar-refractivity contribution in [2.75, 3.05) is 38.2 Å². The van der Waals surface area contributed by atoms with E-state index < -0.39 is 5.60 Å². The summed E-state index contributed by atoms with van der Waals surface area (Å²) >= 11 is 0. The van der Waals surface area contributed by atoms with Crippen LogP contribution in [0.15, 0.2) is 24.3 Å². The van der Waals surface area contributed by atoms with E-state index in [4.69, 9.17) is 9.47 Å². The van der Waals surface area contributed by atoms with Gasteiger partial charge in [-0.3, -0.25) is 4.79 Å². The normalized spacial score (nSPS) is 20.1. The van der Waals surface area contributed by atoms with Gasteiger partial charge in [-0.25, -0.2) is 0 Å². The molecule has 0 radical (unpaired) electrons. The number of amides is 1. The van der Waals surface area contributed by atoms with Gasteiger partial charge in [0.2, 0.25) is 0 Å². The lowest BCUT2D eigenvalue weighted by atomic mass is 9.99. The Morgan fingerprint density at radius 2 is 1.89 bits per heavy atom. The summed E-state index contributed by atoms with van der Waals surface area (Å²) in [6, 6.07) is 7.64. The maximum Gasteiger partial charge on any atom is 0.256 e. The Bertz CT molecular complexity index is 594. The maximum absolute atomic E-state index is 12.7. The van der Waals surface area contributed by atoms with E-state index in [0.717, 1.165) is 43.9 Å². The number of ether oxygens (including phenoxy) is 2. The average molecular weight is 375 g/mol. The highest BCUT2D eigenvalue weighted by atomic mass is 16.5. The number of piperidine rings is 1. The van der Waals surface area contributed by atoms with Crippen molar-refractivity contribution in [2.45, 2.75) is 58.0 Å². The fourth-order valence-corrected chi connectivity index (χ4v) is 3.85. The topological polar surface area (TPSA) is 50.8 Å². The van der Waals surface area contributed by atoms with Gasteiger partial charge in [0.05, 0.1) is 6.61 Å². The van der Waals surface area contributed by atoms with Crippen molar-refractivity contribution in [1.29, 1.82) is 0 Å². The molecule has 1 saturated carbocycles. The van der Waals surface area contributed by atoms with Gasteiger partial charge in [0.1, 0.15) is 11.4 Å². The molecule has 0 aromatic heterocycles. The first-order valence-electron chi connectivity index (χ1n) is 10.5. The smallest absolute Gasteiger partial charge is 0.256 e. The molecule has 1 aliphatic carbocycles. The number of rotatable bonds is 10. The van der Waals surface area contributed by atoms with Crippen LogP contribution in [0.5, 0.6) is 5.75 Å². The molecule has 2 fully saturated rings. The molecule has 1 heterocycles. The van der Waals surface area contributed by atoms with Gasteiger partial charge in [0.15, 0.2) is 0 Å². The predicted molar refractivity (Wildman–Crippen MR) is 108 cm³/mol. The van der Waals surface area contributed by atoms with Gasteiger partial charge in [-0.1, -0.05) is 6.42 Å². The number of carbonyl (C=O) groups is 1. The van der Waals surface area contributed by atoms with Crippen LogP contribution in [-0.2, 0) is 9.53 Å². The fourth-order valence-electron chi connectivity index (χ4n) is 3.85. The van der Waals surface area contributed by atoms with Gasteiger partial charge < -0.3 is 19.7 Å². The highest BCUT2D eigenvalue weighted by molar-refractivity contribution is 5.97. The van der Waals surface area contributed by atoms with Crippen molar-refractivity contribution in [2.24, 2.45) is 5.92 Å². The van der Waals surface area contributed by atoms with Crippen LogP contribution in [0.2, 0.25) is 0 Å². The molecular formula is C22H34N2O3. The Morgan fingerprint density at radius 3 is 2.52 bits per heavy atom. The summed E-state index contributed by atoms with van der Waals surface area (Å²) in [7, 11) is 0. The Balaban J connectivity index is 1.42. The van der Waals surface area contributed by atoms with Gasteiger partial charge in [0.25, 0.3) is 5.91 Å². The average Bonchev–Trinajstić information content (AvgIpc) is 3.53. The van der Waals surface area contributed by atoms with Crippen LogP contribution in [0.3, 0.4) is 0 Å². The predicted octanol–water partition coefficient (Wildman–Crippen LogP) is 4.09. The molecule has 2 aliphatic rings. The molecule has 0 bridgehead atoms. The van der Waals surface area contributed by atoms with Gasteiger partial charge in [-0.2, -0.15) is 0 Å². The minimum atomic E-state index is -0.724. The molecule has 27 heavy (non-hydrogen) atoms. The minimum absolute atomic E-state index is 0.0537. The first-order valence-corrected chi connectivity index (χ1v) is 10.5. The summed E-state index contributed by atoms with van der Waals surface area (Å²) in [6.07, 6.45) is 7.21. The van der Waals surface area contributed by atoms with Gasteiger partial charge >= 0.3 is 0 Å². The summed E-state index contributed by atoms with van der Waals surface area (Å²) in [5.41, 5.74) is 0.0607. The van der Waals surface area contributed by atoms with E-state index >= 15 is 0 Å². The number of carbonyl (C=O) groups excluding carboxylic acids is 1. The van der Waals surface area contributed by atoms with Crippen LogP contribution in [0.25, 0.3) is 0 Å². The second-order valence-corrected chi connectivity index (χ2v) is 7.90. The molecule has 1 amide bonds. The summed E-state index contributed by atoms with van der Waals surface area (Å²) in [5.74, 6) is 1.13. The van der Waals surface area contributed by atoms with Crippen molar-refractivity contribution >= 4 is 11.6 Å². The lowest BCUT2D eigenvalue weighted by Crippen LogP contribution is -2.44. The molecule has 150 valence electrons. The van der Waals surface area contributed by atoms with E-state index in [0.29, 0.717) is 12.5 Å². The molecular weight excluding hydrogens is 340 g/mol. The van der Waals surface area contributed by atoms with Crippen molar-refractivity contribution < 1.29 is 14.3 Å². The molecule has 1 saturated heterocycles. The second kappa shape index (κ2) is 9.56.